The zero-order chi connectivity index (χ0) is 19.6. The van der Waals surface area contributed by atoms with Crippen molar-refractivity contribution < 1.29 is 9.59 Å². The van der Waals surface area contributed by atoms with Crippen molar-refractivity contribution in [2.24, 2.45) is 5.41 Å². The van der Waals surface area contributed by atoms with Crippen molar-refractivity contribution in [2.75, 3.05) is 26.2 Å². The van der Waals surface area contributed by atoms with Crippen LogP contribution in [0.5, 0.6) is 0 Å². The van der Waals surface area contributed by atoms with Gasteiger partial charge in [0.05, 0.1) is 17.3 Å². The number of aromatic nitrogens is 2. The topological polar surface area (TPSA) is 66.4 Å². The van der Waals surface area contributed by atoms with Crippen LogP contribution in [-0.4, -0.2) is 57.8 Å². The zero-order valence-electron chi connectivity index (χ0n) is 16.3. The normalized spacial score (nSPS) is 22.1. The average molecular weight is 378 g/mol. The lowest BCUT2D eigenvalue weighted by molar-refractivity contribution is -0.145. The SMILES string of the molecule is Cc1cnc(C(=O)N2CC[C@@]3(CCCN(CCc4ccccc4)C3=O)C2)cn1. The molecular weight excluding hydrogens is 352 g/mol. The van der Waals surface area contributed by atoms with E-state index in [9.17, 15) is 9.59 Å². The third-order valence-electron chi connectivity index (χ3n) is 5.98. The van der Waals surface area contributed by atoms with E-state index in [-0.39, 0.29) is 11.8 Å². The Balaban J connectivity index is 1.42. The van der Waals surface area contributed by atoms with Crippen molar-refractivity contribution >= 4 is 11.8 Å². The first kappa shape index (κ1) is 18.6. The molecule has 0 unspecified atom stereocenters. The highest BCUT2D eigenvalue weighted by Gasteiger charge is 2.49. The predicted molar refractivity (Wildman–Crippen MR) is 106 cm³/mol. The van der Waals surface area contributed by atoms with E-state index in [2.05, 4.69) is 22.1 Å². The maximum absolute atomic E-state index is 13.3. The summed E-state index contributed by atoms with van der Waals surface area (Å²) in [5.74, 6) is 0.0820. The van der Waals surface area contributed by atoms with Gasteiger partial charge in [-0.15, -0.1) is 0 Å². The van der Waals surface area contributed by atoms with E-state index in [1.54, 1.807) is 11.1 Å². The number of hydrogen-bond donors (Lipinski definition) is 0. The molecule has 0 N–H and O–H groups in total. The minimum absolute atomic E-state index is 0.126. The van der Waals surface area contributed by atoms with E-state index in [1.165, 1.54) is 11.8 Å². The Morgan fingerprint density at radius 1 is 1.11 bits per heavy atom. The molecule has 4 rings (SSSR count). The zero-order valence-corrected chi connectivity index (χ0v) is 16.3. The Morgan fingerprint density at radius 3 is 2.68 bits per heavy atom. The molecule has 1 aromatic heterocycles. The smallest absolute Gasteiger partial charge is 0.274 e. The summed E-state index contributed by atoms with van der Waals surface area (Å²) in [6, 6.07) is 10.3. The number of piperidine rings is 1. The lowest BCUT2D eigenvalue weighted by Crippen LogP contribution is -2.50. The molecule has 2 aliphatic heterocycles. The average Bonchev–Trinajstić information content (AvgIpc) is 3.15. The molecule has 0 bridgehead atoms. The van der Waals surface area contributed by atoms with E-state index >= 15 is 0 Å². The van der Waals surface area contributed by atoms with Crippen LogP contribution >= 0.6 is 0 Å². The second-order valence-corrected chi connectivity index (χ2v) is 7.93. The fraction of sp³-hybridized carbons (Fsp3) is 0.455. The maximum Gasteiger partial charge on any atom is 0.274 e. The van der Waals surface area contributed by atoms with Crippen molar-refractivity contribution in [3.63, 3.8) is 0 Å². The van der Waals surface area contributed by atoms with Crippen molar-refractivity contribution in [1.29, 1.82) is 0 Å². The molecule has 6 nitrogen and oxygen atoms in total. The minimum atomic E-state index is -0.428. The molecule has 6 heteroatoms. The summed E-state index contributed by atoms with van der Waals surface area (Å²) in [6.45, 7) is 4.48. The number of aryl methyl sites for hydroxylation is 1. The van der Waals surface area contributed by atoms with E-state index in [0.717, 1.165) is 44.5 Å². The van der Waals surface area contributed by atoms with Crippen LogP contribution in [0.3, 0.4) is 0 Å². The minimum Gasteiger partial charge on any atom is -0.342 e. The van der Waals surface area contributed by atoms with Gasteiger partial charge in [-0.25, -0.2) is 4.98 Å². The van der Waals surface area contributed by atoms with Crippen LogP contribution in [0.4, 0.5) is 0 Å². The van der Waals surface area contributed by atoms with Gasteiger partial charge in [-0.05, 0) is 38.2 Å². The van der Waals surface area contributed by atoms with E-state index in [1.807, 2.05) is 30.0 Å². The third-order valence-corrected chi connectivity index (χ3v) is 5.98. The lowest BCUT2D eigenvalue weighted by Gasteiger charge is -2.39. The van der Waals surface area contributed by atoms with E-state index < -0.39 is 5.41 Å². The maximum atomic E-state index is 13.3. The van der Waals surface area contributed by atoms with Gasteiger partial charge in [0.25, 0.3) is 5.91 Å². The van der Waals surface area contributed by atoms with Crippen molar-refractivity contribution in [1.82, 2.24) is 19.8 Å². The van der Waals surface area contributed by atoms with Crippen molar-refractivity contribution in [2.45, 2.75) is 32.6 Å². The van der Waals surface area contributed by atoms with Gasteiger partial charge in [0.15, 0.2) is 0 Å². The predicted octanol–water partition coefficient (Wildman–Crippen LogP) is 2.48. The summed E-state index contributed by atoms with van der Waals surface area (Å²) >= 11 is 0. The number of benzene rings is 1. The summed E-state index contributed by atoms with van der Waals surface area (Å²) in [7, 11) is 0. The van der Waals surface area contributed by atoms with Crippen LogP contribution in [0.2, 0.25) is 0 Å². The molecule has 1 aromatic carbocycles. The first-order valence-electron chi connectivity index (χ1n) is 9.99. The molecule has 1 spiro atoms. The van der Waals surface area contributed by atoms with E-state index in [0.29, 0.717) is 18.8 Å². The van der Waals surface area contributed by atoms with E-state index in [4.69, 9.17) is 0 Å². The number of carbonyl (C=O) groups excluding carboxylic acids is 2. The summed E-state index contributed by atoms with van der Waals surface area (Å²) in [6.07, 6.45) is 6.58. The molecule has 2 aliphatic rings. The van der Waals surface area contributed by atoms with Crippen LogP contribution in [0, 0.1) is 12.3 Å². The molecule has 146 valence electrons. The molecule has 28 heavy (non-hydrogen) atoms. The van der Waals surface area contributed by atoms with Crippen LogP contribution in [0.25, 0.3) is 0 Å². The van der Waals surface area contributed by atoms with Crippen LogP contribution in [-0.2, 0) is 11.2 Å². The molecule has 1 atom stereocenters. The first-order chi connectivity index (χ1) is 13.6. The second kappa shape index (κ2) is 7.70. The molecule has 2 saturated heterocycles. The number of hydrogen-bond acceptors (Lipinski definition) is 4. The molecule has 2 amide bonds. The number of likely N-dealkylation sites (tertiary alicyclic amines) is 2. The fourth-order valence-electron chi connectivity index (χ4n) is 4.36. The number of amides is 2. The summed E-state index contributed by atoms with van der Waals surface area (Å²) in [5.41, 5.74) is 1.96. The number of rotatable bonds is 4. The van der Waals surface area contributed by atoms with Crippen LogP contribution in [0.15, 0.2) is 42.7 Å². The lowest BCUT2D eigenvalue weighted by atomic mass is 9.78. The molecule has 2 fully saturated rings. The first-order valence-corrected chi connectivity index (χ1v) is 9.99. The second-order valence-electron chi connectivity index (χ2n) is 7.93. The van der Waals surface area contributed by atoms with Gasteiger partial charge in [-0.1, -0.05) is 30.3 Å². The quantitative estimate of drug-likeness (QED) is 0.820. The van der Waals surface area contributed by atoms with Crippen molar-refractivity contribution in [3.8, 4) is 0 Å². The monoisotopic (exact) mass is 378 g/mol. The highest BCUT2D eigenvalue weighted by atomic mass is 16.2. The summed E-state index contributed by atoms with van der Waals surface area (Å²) in [5, 5.41) is 0. The molecule has 0 aliphatic carbocycles. The highest BCUT2D eigenvalue weighted by molar-refractivity contribution is 5.93. The number of nitrogens with zero attached hydrogens (tertiary/aromatic N) is 4. The highest BCUT2D eigenvalue weighted by Crippen LogP contribution is 2.40. The summed E-state index contributed by atoms with van der Waals surface area (Å²) < 4.78 is 0. The Bertz CT molecular complexity index is 853. The molecular formula is C22H26N4O2. The largest absolute Gasteiger partial charge is 0.342 e. The Hall–Kier alpha value is -2.76. The Morgan fingerprint density at radius 2 is 1.93 bits per heavy atom. The number of carbonyl (C=O) groups is 2. The van der Waals surface area contributed by atoms with Gasteiger partial charge in [0.2, 0.25) is 5.91 Å². The van der Waals surface area contributed by atoms with Gasteiger partial charge in [-0.2, -0.15) is 0 Å². The fourth-order valence-corrected chi connectivity index (χ4v) is 4.36. The molecule has 2 aromatic rings. The molecule has 3 heterocycles. The Labute approximate surface area is 165 Å². The van der Waals surface area contributed by atoms with Gasteiger partial charge in [0.1, 0.15) is 5.69 Å². The summed E-state index contributed by atoms with van der Waals surface area (Å²) in [4.78, 5) is 38.2. The van der Waals surface area contributed by atoms with Crippen LogP contribution in [0.1, 0.15) is 41.0 Å². The molecule has 0 radical (unpaired) electrons. The Kier molecular flexibility index (Phi) is 5.11. The van der Waals surface area contributed by atoms with Gasteiger partial charge in [0, 0.05) is 32.4 Å². The third kappa shape index (κ3) is 3.63. The standard InChI is InChI=1S/C22H26N4O2/c1-17-14-24-19(15-23-17)20(27)26-13-10-22(16-26)9-5-11-25(21(22)28)12-8-18-6-3-2-4-7-18/h2-4,6-7,14-15H,5,8-13,16H2,1H3/t22-/m0/s1. The van der Waals surface area contributed by atoms with Gasteiger partial charge in [-0.3, -0.25) is 14.6 Å². The van der Waals surface area contributed by atoms with Gasteiger partial charge >= 0.3 is 0 Å². The van der Waals surface area contributed by atoms with Crippen LogP contribution < -0.4 is 0 Å². The van der Waals surface area contributed by atoms with Gasteiger partial charge < -0.3 is 9.80 Å². The van der Waals surface area contributed by atoms with Crippen molar-refractivity contribution in [3.05, 3.63) is 59.7 Å². The molecule has 0 saturated carbocycles.